The molecule has 0 amide bonds. The van der Waals surface area contributed by atoms with Gasteiger partial charge in [-0.3, -0.25) is 0 Å². The van der Waals surface area contributed by atoms with Crippen LogP contribution in [0, 0.1) is 0 Å². The molecule has 0 saturated heterocycles. The summed E-state index contributed by atoms with van der Waals surface area (Å²) in [4.78, 5) is 0. The zero-order chi connectivity index (χ0) is 22.5. The predicted molar refractivity (Wildman–Crippen MR) is 134 cm³/mol. The number of methoxy groups -OCH3 is 1. The van der Waals surface area contributed by atoms with Crippen molar-refractivity contribution in [2.24, 2.45) is 0 Å². The standard InChI is InChI=1S/C30H26NO2/c1-32-26-18-16-25(17-19-26)30-20-28(27-14-8-9-15-29(27)33-30)31(21-23-10-4-2-5-11-23)22-24-12-6-3-7-13-24/h2-20H,21-22H2,1H3/q+1. The number of fused-ring (bicyclic) bond motifs is 1. The first kappa shape index (κ1) is 20.8. The van der Waals surface area contributed by atoms with Crippen LogP contribution in [-0.4, -0.2) is 7.11 Å². The number of ether oxygens (including phenoxy) is 1. The number of hydrogen-bond donors (Lipinski definition) is 0. The van der Waals surface area contributed by atoms with Crippen LogP contribution in [0.3, 0.4) is 0 Å². The van der Waals surface area contributed by atoms with Gasteiger partial charge in [-0.1, -0.05) is 72.8 Å². The Morgan fingerprint density at radius 1 is 0.667 bits per heavy atom. The van der Waals surface area contributed by atoms with Crippen LogP contribution in [0.1, 0.15) is 11.1 Å². The van der Waals surface area contributed by atoms with E-state index in [0.717, 1.165) is 46.5 Å². The molecule has 5 aromatic rings. The highest BCUT2D eigenvalue weighted by Crippen LogP contribution is 2.24. The van der Waals surface area contributed by atoms with Gasteiger partial charge in [0.05, 0.1) is 18.6 Å². The molecule has 0 aliphatic carbocycles. The van der Waals surface area contributed by atoms with Gasteiger partial charge in [0.25, 0.3) is 0 Å². The van der Waals surface area contributed by atoms with Crippen LogP contribution in [-0.2, 0) is 13.1 Å². The summed E-state index contributed by atoms with van der Waals surface area (Å²) in [6, 6.07) is 39.6. The molecule has 0 atom stereocenters. The summed E-state index contributed by atoms with van der Waals surface area (Å²) in [5, 5.41) is 2.25. The lowest BCUT2D eigenvalue weighted by Crippen LogP contribution is -2.29. The smallest absolute Gasteiger partial charge is 0.215 e. The minimum absolute atomic E-state index is 0.797. The molecule has 3 heteroatoms. The molecular formula is C30H26NO2+. The van der Waals surface area contributed by atoms with E-state index in [4.69, 9.17) is 9.15 Å². The lowest BCUT2D eigenvalue weighted by molar-refractivity contribution is 0.415. The predicted octanol–water partition coefficient (Wildman–Crippen LogP) is 6.28. The van der Waals surface area contributed by atoms with E-state index in [9.17, 15) is 0 Å². The van der Waals surface area contributed by atoms with E-state index in [0.29, 0.717) is 0 Å². The highest BCUT2D eigenvalue weighted by atomic mass is 16.5. The number of benzene rings is 4. The minimum Gasteiger partial charge on any atom is -0.497 e. The summed E-state index contributed by atoms with van der Waals surface area (Å²) in [7, 11) is 1.68. The Bertz CT molecular complexity index is 1380. The number of hydrogen-bond acceptors (Lipinski definition) is 2. The summed E-state index contributed by atoms with van der Waals surface area (Å²) < 4.78 is 14.1. The van der Waals surface area contributed by atoms with Gasteiger partial charge in [0.15, 0.2) is 13.1 Å². The van der Waals surface area contributed by atoms with Gasteiger partial charge in [0.2, 0.25) is 5.36 Å². The average Bonchev–Trinajstić information content (AvgIpc) is 2.89. The van der Waals surface area contributed by atoms with Crippen molar-refractivity contribution in [2.75, 3.05) is 7.11 Å². The van der Waals surface area contributed by atoms with E-state index >= 15 is 0 Å². The topological polar surface area (TPSA) is 25.4 Å². The fourth-order valence-electron chi connectivity index (χ4n) is 4.11. The van der Waals surface area contributed by atoms with Crippen LogP contribution in [0.15, 0.2) is 120 Å². The molecule has 4 aromatic carbocycles. The van der Waals surface area contributed by atoms with Crippen molar-refractivity contribution in [3.63, 3.8) is 0 Å². The Labute approximate surface area is 193 Å². The van der Waals surface area contributed by atoms with Gasteiger partial charge in [0, 0.05) is 16.7 Å². The van der Waals surface area contributed by atoms with Gasteiger partial charge in [-0.2, -0.15) is 0 Å². The third kappa shape index (κ3) is 4.73. The highest BCUT2D eigenvalue weighted by molar-refractivity contribution is 5.78. The molecule has 1 heterocycles. The zero-order valence-electron chi connectivity index (χ0n) is 18.6. The molecule has 0 saturated carbocycles. The quantitative estimate of drug-likeness (QED) is 0.295. The average molecular weight is 433 g/mol. The Kier molecular flexibility index (Phi) is 6.03. The van der Waals surface area contributed by atoms with Crippen LogP contribution in [0.2, 0.25) is 0 Å². The molecule has 0 unspecified atom stereocenters. The second-order valence-electron chi connectivity index (χ2n) is 8.05. The van der Waals surface area contributed by atoms with E-state index in [1.165, 1.54) is 11.1 Å². The number of para-hydroxylation sites is 1. The molecule has 0 bridgehead atoms. The van der Waals surface area contributed by atoms with Crippen molar-refractivity contribution in [3.8, 4) is 17.1 Å². The van der Waals surface area contributed by atoms with Crippen molar-refractivity contribution in [3.05, 3.63) is 132 Å². The van der Waals surface area contributed by atoms with Crippen molar-refractivity contribution >= 4 is 11.0 Å². The van der Waals surface area contributed by atoms with Crippen LogP contribution < -0.4 is 14.7 Å². The first-order chi connectivity index (χ1) is 16.3. The highest BCUT2D eigenvalue weighted by Gasteiger charge is 2.15. The molecule has 3 nitrogen and oxygen atoms in total. The Morgan fingerprint density at radius 3 is 1.85 bits per heavy atom. The first-order valence-corrected chi connectivity index (χ1v) is 11.1. The largest absolute Gasteiger partial charge is 0.497 e. The van der Waals surface area contributed by atoms with Crippen molar-refractivity contribution in [1.82, 2.24) is 4.58 Å². The second kappa shape index (κ2) is 9.58. The maximum atomic E-state index is 6.35. The SMILES string of the molecule is COc1ccc(-c2cc(=[N+](Cc3ccccc3)Cc3ccccc3)c3ccccc3o2)cc1. The molecule has 0 radical (unpaired) electrons. The zero-order valence-corrected chi connectivity index (χ0v) is 18.6. The minimum atomic E-state index is 0.797. The Hall–Kier alpha value is -4.11. The molecule has 162 valence electrons. The summed E-state index contributed by atoms with van der Waals surface area (Å²) in [6.07, 6.45) is 0. The normalized spacial score (nSPS) is 10.8. The maximum Gasteiger partial charge on any atom is 0.215 e. The van der Waals surface area contributed by atoms with E-state index in [1.54, 1.807) is 7.11 Å². The summed E-state index contributed by atoms with van der Waals surface area (Å²) in [5.41, 5.74) is 4.42. The second-order valence-corrected chi connectivity index (χ2v) is 8.05. The van der Waals surface area contributed by atoms with Crippen LogP contribution in [0.25, 0.3) is 22.3 Å². The van der Waals surface area contributed by atoms with Crippen molar-refractivity contribution < 1.29 is 9.15 Å². The van der Waals surface area contributed by atoms with Crippen LogP contribution in [0.4, 0.5) is 0 Å². The maximum absolute atomic E-state index is 6.35. The molecule has 1 aromatic heterocycles. The first-order valence-electron chi connectivity index (χ1n) is 11.1. The van der Waals surface area contributed by atoms with E-state index in [-0.39, 0.29) is 0 Å². The van der Waals surface area contributed by atoms with Crippen molar-refractivity contribution in [2.45, 2.75) is 13.1 Å². The number of nitrogens with zero attached hydrogens (tertiary/aromatic N) is 1. The fourth-order valence-corrected chi connectivity index (χ4v) is 4.11. The summed E-state index contributed by atoms with van der Waals surface area (Å²) in [5.74, 6) is 1.66. The van der Waals surface area contributed by atoms with Gasteiger partial charge < -0.3 is 9.15 Å². The lowest BCUT2D eigenvalue weighted by atomic mass is 10.1. The molecule has 0 N–H and O–H groups in total. The van der Waals surface area contributed by atoms with E-state index < -0.39 is 0 Å². The van der Waals surface area contributed by atoms with Gasteiger partial charge in [-0.05, 0) is 36.4 Å². The lowest BCUT2D eigenvalue weighted by Gasteiger charge is -2.09. The van der Waals surface area contributed by atoms with Crippen LogP contribution in [0.5, 0.6) is 5.75 Å². The summed E-state index contributed by atoms with van der Waals surface area (Å²) in [6.45, 7) is 1.59. The van der Waals surface area contributed by atoms with Crippen LogP contribution >= 0.6 is 0 Å². The molecule has 0 aliphatic heterocycles. The molecular weight excluding hydrogens is 406 g/mol. The van der Waals surface area contributed by atoms with Gasteiger partial charge in [0.1, 0.15) is 17.1 Å². The van der Waals surface area contributed by atoms with Gasteiger partial charge in [-0.25, -0.2) is 4.58 Å². The third-order valence-corrected chi connectivity index (χ3v) is 5.80. The molecule has 0 aliphatic rings. The third-order valence-electron chi connectivity index (χ3n) is 5.80. The Balaban J connectivity index is 1.74. The fraction of sp³-hybridized carbons (Fsp3) is 0.100. The van der Waals surface area contributed by atoms with Gasteiger partial charge >= 0.3 is 0 Å². The monoisotopic (exact) mass is 432 g/mol. The molecule has 0 fully saturated rings. The van der Waals surface area contributed by atoms with Gasteiger partial charge in [-0.15, -0.1) is 0 Å². The Morgan fingerprint density at radius 2 is 1.24 bits per heavy atom. The molecule has 0 spiro atoms. The molecule has 5 rings (SSSR count). The van der Waals surface area contributed by atoms with Crippen molar-refractivity contribution in [1.29, 1.82) is 0 Å². The summed E-state index contributed by atoms with van der Waals surface area (Å²) >= 11 is 0. The van der Waals surface area contributed by atoms with E-state index in [1.807, 2.05) is 36.4 Å². The number of rotatable bonds is 6. The van der Waals surface area contributed by atoms with E-state index in [2.05, 4.69) is 83.4 Å². The molecule has 33 heavy (non-hydrogen) atoms.